The summed E-state index contributed by atoms with van der Waals surface area (Å²) in [6, 6.07) is 0.278. The molecule has 0 aliphatic carbocycles. The van der Waals surface area contributed by atoms with Gasteiger partial charge in [-0.25, -0.2) is 0 Å². The van der Waals surface area contributed by atoms with Crippen LogP contribution < -0.4 is 5.32 Å². The topological polar surface area (TPSA) is 30.5 Å². The molecule has 0 aromatic rings. The Labute approximate surface area is 99.2 Å². The monoisotopic (exact) mass is 227 g/mol. The smallest absolute Gasteiger partial charge is 0.109 e. The quantitative estimate of drug-likeness (QED) is 0.756. The molecule has 3 nitrogen and oxygen atoms in total. The van der Waals surface area contributed by atoms with Crippen molar-refractivity contribution >= 4 is 0 Å². The van der Waals surface area contributed by atoms with E-state index in [0.717, 1.165) is 38.2 Å². The molecule has 0 radical (unpaired) electrons. The fourth-order valence-corrected chi connectivity index (χ4v) is 1.91. The summed E-state index contributed by atoms with van der Waals surface area (Å²) in [5, 5.41) is 3.47. The zero-order chi connectivity index (χ0) is 12.0. The third-order valence-electron chi connectivity index (χ3n) is 3.00. The van der Waals surface area contributed by atoms with Crippen molar-refractivity contribution in [2.24, 2.45) is 0 Å². The van der Waals surface area contributed by atoms with E-state index in [4.69, 9.17) is 9.47 Å². The van der Waals surface area contributed by atoms with Crippen LogP contribution in [0.15, 0.2) is 11.8 Å². The average molecular weight is 227 g/mol. The minimum absolute atomic E-state index is 0.117. The van der Waals surface area contributed by atoms with Crippen molar-refractivity contribution in [3.05, 3.63) is 11.8 Å². The van der Waals surface area contributed by atoms with Crippen LogP contribution in [0.4, 0.5) is 0 Å². The molecule has 1 aliphatic heterocycles. The molecule has 0 saturated carbocycles. The molecule has 0 fully saturated rings. The number of hydrogen-bond acceptors (Lipinski definition) is 3. The average Bonchev–Trinajstić information content (AvgIpc) is 2.29. The molecule has 94 valence electrons. The Morgan fingerprint density at radius 3 is 2.81 bits per heavy atom. The first kappa shape index (κ1) is 13.5. The van der Waals surface area contributed by atoms with Crippen LogP contribution in [0.1, 0.15) is 40.0 Å². The van der Waals surface area contributed by atoms with Crippen molar-refractivity contribution in [1.82, 2.24) is 5.32 Å². The Morgan fingerprint density at radius 2 is 2.31 bits per heavy atom. The van der Waals surface area contributed by atoms with E-state index in [-0.39, 0.29) is 11.6 Å². The molecule has 1 unspecified atom stereocenters. The summed E-state index contributed by atoms with van der Waals surface area (Å²) in [6.07, 6.45) is 5.41. The van der Waals surface area contributed by atoms with E-state index in [9.17, 15) is 0 Å². The van der Waals surface area contributed by atoms with Crippen LogP contribution in [0.2, 0.25) is 0 Å². The second-order valence-corrected chi connectivity index (χ2v) is 4.88. The van der Waals surface area contributed by atoms with Gasteiger partial charge in [0.25, 0.3) is 0 Å². The SMILES string of the molecule is CCNC(CC(C)(C)OC)C1=CCCCO1. The van der Waals surface area contributed by atoms with E-state index in [2.05, 4.69) is 32.2 Å². The van der Waals surface area contributed by atoms with Crippen LogP contribution in [0.25, 0.3) is 0 Å². The van der Waals surface area contributed by atoms with Crippen LogP contribution in [0, 0.1) is 0 Å². The Bertz CT molecular complexity index is 236. The fourth-order valence-electron chi connectivity index (χ4n) is 1.91. The van der Waals surface area contributed by atoms with E-state index < -0.39 is 0 Å². The van der Waals surface area contributed by atoms with Crippen LogP contribution >= 0.6 is 0 Å². The van der Waals surface area contributed by atoms with Crippen molar-refractivity contribution < 1.29 is 9.47 Å². The van der Waals surface area contributed by atoms with Gasteiger partial charge in [0.15, 0.2) is 0 Å². The number of likely N-dealkylation sites (N-methyl/N-ethyl adjacent to an activating group) is 1. The summed E-state index contributed by atoms with van der Waals surface area (Å²) >= 11 is 0. The molecule has 0 amide bonds. The van der Waals surface area contributed by atoms with Gasteiger partial charge in [-0.15, -0.1) is 0 Å². The molecular formula is C13H25NO2. The molecule has 0 aromatic heterocycles. The van der Waals surface area contributed by atoms with E-state index >= 15 is 0 Å². The van der Waals surface area contributed by atoms with Gasteiger partial charge in [0, 0.05) is 7.11 Å². The number of methoxy groups -OCH3 is 1. The maximum Gasteiger partial charge on any atom is 0.109 e. The van der Waals surface area contributed by atoms with E-state index in [1.165, 1.54) is 0 Å². The van der Waals surface area contributed by atoms with Gasteiger partial charge in [-0.3, -0.25) is 0 Å². The molecular weight excluding hydrogens is 202 g/mol. The third-order valence-corrected chi connectivity index (χ3v) is 3.00. The van der Waals surface area contributed by atoms with E-state index in [0.29, 0.717) is 0 Å². The predicted octanol–water partition coefficient (Wildman–Crippen LogP) is 2.47. The Morgan fingerprint density at radius 1 is 1.56 bits per heavy atom. The van der Waals surface area contributed by atoms with E-state index in [1.807, 2.05) is 0 Å². The van der Waals surface area contributed by atoms with Crippen LogP contribution in [0.3, 0.4) is 0 Å². The van der Waals surface area contributed by atoms with Gasteiger partial charge in [0.1, 0.15) is 5.76 Å². The van der Waals surface area contributed by atoms with Gasteiger partial charge in [0.2, 0.25) is 0 Å². The molecule has 1 atom stereocenters. The van der Waals surface area contributed by atoms with Crippen molar-refractivity contribution in [3.8, 4) is 0 Å². The fraction of sp³-hybridized carbons (Fsp3) is 0.846. The van der Waals surface area contributed by atoms with Gasteiger partial charge >= 0.3 is 0 Å². The maximum atomic E-state index is 5.73. The highest BCUT2D eigenvalue weighted by molar-refractivity contribution is 5.07. The predicted molar refractivity (Wildman–Crippen MR) is 66.4 cm³/mol. The van der Waals surface area contributed by atoms with Gasteiger partial charge in [-0.2, -0.15) is 0 Å². The number of allylic oxidation sites excluding steroid dienone is 1. The molecule has 1 N–H and O–H groups in total. The molecule has 1 heterocycles. The van der Waals surface area contributed by atoms with Crippen molar-refractivity contribution in [2.45, 2.75) is 51.7 Å². The molecule has 0 spiro atoms. The first-order valence-electron chi connectivity index (χ1n) is 6.20. The lowest BCUT2D eigenvalue weighted by atomic mass is 9.96. The summed E-state index contributed by atoms with van der Waals surface area (Å²) in [5.41, 5.74) is -0.117. The first-order valence-corrected chi connectivity index (χ1v) is 6.20. The lowest BCUT2D eigenvalue weighted by Crippen LogP contribution is -2.40. The Balaban J connectivity index is 2.62. The Hall–Kier alpha value is -0.540. The maximum absolute atomic E-state index is 5.73. The van der Waals surface area contributed by atoms with Crippen LogP contribution in [-0.2, 0) is 9.47 Å². The molecule has 1 rings (SSSR count). The van der Waals surface area contributed by atoms with Gasteiger partial charge in [-0.05, 0) is 45.7 Å². The molecule has 1 aliphatic rings. The minimum atomic E-state index is -0.117. The first-order chi connectivity index (χ1) is 7.59. The van der Waals surface area contributed by atoms with Gasteiger partial charge in [0.05, 0.1) is 18.2 Å². The zero-order valence-electron chi connectivity index (χ0n) is 11.0. The molecule has 0 saturated heterocycles. The van der Waals surface area contributed by atoms with Gasteiger partial charge in [-0.1, -0.05) is 6.92 Å². The zero-order valence-corrected chi connectivity index (χ0v) is 11.0. The molecule has 0 bridgehead atoms. The lowest BCUT2D eigenvalue weighted by molar-refractivity contribution is 0.00401. The summed E-state index contributed by atoms with van der Waals surface area (Å²) < 4.78 is 11.2. The second kappa shape index (κ2) is 6.26. The van der Waals surface area contributed by atoms with Crippen molar-refractivity contribution in [2.75, 3.05) is 20.3 Å². The second-order valence-electron chi connectivity index (χ2n) is 4.88. The van der Waals surface area contributed by atoms with Gasteiger partial charge < -0.3 is 14.8 Å². The molecule has 0 aromatic carbocycles. The molecule has 3 heteroatoms. The summed E-state index contributed by atoms with van der Waals surface area (Å²) in [7, 11) is 1.76. The van der Waals surface area contributed by atoms with Crippen LogP contribution in [0.5, 0.6) is 0 Å². The van der Waals surface area contributed by atoms with Crippen molar-refractivity contribution in [1.29, 1.82) is 0 Å². The van der Waals surface area contributed by atoms with Crippen LogP contribution in [-0.4, -0.2) is 31.9 Å². The van der Waals surface area contributed by atoms with E-state index in [1.54, 1.807) is 7.11 Å². The highest BCUT2D eigenvalue weighted by atomic mass is 16.5. The largest absolute Gasteiger partial charge is 0.497 e. The summed E-state index contributed by atoms with van der Waals surface area (Å²) in [6.45, 7) is 8.14. The minimum Gasteiger partial charge on any atom is -0.497 e. The number of rotatable bonds is 6. The third kappa shape index (κ3) is 4.14. The standard InChI is InChI=1S/C13H25NO2/c1-5-14-11(10-13(2,3)15-4)12-8-6-7-9-16-12/h8,11,14H,5-7,9-10H2,1-4H3. The summed E-state index contributed by atoms with van der Waals surface area (Å²) in [5.74, 6) is 1.10. The normalized spacial score (nSPS) is 18.9. The Kier molecular flexibility index (Phi) is 5.29. The molecule has 16 heavy (non-hydrogen) atoms. The van der Waals surface area contributed by atoms with Crippen molar-refractivity contribution in [3.63, 3.8) is 0 Å². The summed E-state index contributed by atoms with van der Waals surface area (Å²) in [4.78, 5) is 0. The highest BCUT2D eigenvalue weighted by Crippen LogP contribution is 2.23. The number of hydrogen-bond donors (Lipinski definition) is 1. The number of ether oxygens (including phenoxy) is 2. The number of nitrogens with one attached hydrogen (secondary N) is 1. The highest BCUT2D eigenvalue weighted by Gasteiger charge is 2.26. The lowest BCUT2D eigenvalue weighted by Gasteiger charge is -2.31.